The number of ketones is 1. The van der Waals surface area contributed by atoms with Crippen LogP contribution in [-0.2, 0) is 11.0 Å². The number of Topliss-reactive ketones (excluding diaryl/α,β-unsaturated/α-hetero) is 1. The van der Waals surface area contributed by atoms with E-state index < -0.39 is 40.2 Å². The molecule has 0 aliphatic rings. The van der Waals surface area contributed by atoms with Crippen molar-refractivity contribution in [2.45, 2.75) is 44.2 Å². The smallest absolute Gasteiger partial charge is 0.294 e. The molecule has 0 radical (unpaired) electrons. The van der Waals surface area contributed by atoms with Crippen LogP contribution in [0.3, 0.4) is 0 Å². The molecule has 21 heavy (non-hydrogen) atoms. The van der Waals surface area contributed by atoms with Crippen LogP contribution in [0.15, 0.2) is 30.3 Å². The fourth-order valence-electron chi connectivity index (χ4n) is 1.46. The third-order valence-electron chi connectivity index (χ3n) is 2.69. The fraction of sp³-hybridized carbons (Fsp3) is 0.500. The van der Waals surface area contributed by atoms with Crippen molar-refractivity contribution in [2.75, 3.05) is 0 Å². The monoisotopic (exact) mass is 321 g/mol. The van der Waals surface area contributed by atoms with Gasteiger partial charge in [-0.25, -0.2) is 8.93 Å². The molecule has 0 heterocycles. The highest BCUT2D eigenvalue weighted by Crippen LogP contribution is 2.25. The quantitative estimate of drug-likeness (QED) is 0.846. The average Bonchev–Trinajstić information content (AvgIpc) is 2.36. The first kappa shape index (κ1) is 17.8. The molecule has 0 aliphatic carbocycles. The molecule has 1 unspecified atom stereocenters. The van der Waals surface area contributed by atoms with Gasteiger partial charge in [-0.1, -0.05) is 30.3 Å². The summed E-state index contributed by atoms with van der Waals surface area (Å²) >= 11 is 0. The molecule has 1 aromatic rings. The second kappa shape index (κ2) is 6.70. The Morgan fingerprint density at radius 2 is 1.71 bits per heavy atom. The minimum atomic E-state index is -4.65. The molecule has 0 bridgehead atoms. The predicted molar refractivity (Wildman–Crippen MR) is 76.3 cm³/mol. The number of hydrogen-bond donors (Lipinski definition) is 1. The van der Waals surface area contributed by atoms with Crippen LogP contribution in [0.5, 0.6) is 0 Å². The fourth-order valence-corrected chi connectivity index (χ4v) is 2.29. The van der Waals surface area contributed by atoms with Gasteiger partial charge in [0.25, 0.3) is 0 Å². The molecule has 0 aliphatic heterocycles. The summed E-state index contributed by atoms with van der Waals surface area (Å²) in [5.74, 6) is -0.642. The number of carbonyl (C=O) groups is 1. The van der Waals surface area contributed by atoms with Gasteiger partial charge in [-0.3, -0.25) is 4.79 Å². The summed E-state index contributed by atoms with van der Waals surface area (Å²) in [4.78, 5) is 11.9. The molecule has 0 spiro atoms. The van der Waals surface area contributed by atoms with Crippen LogP contribution in [-0.4, -0.2) is 27.0 Å². The molecule has 3 nitrogen and oxygen atoms in total. The normalized spacial score (nSPS) is 15.5. The zero-order chi connectivity index (χ0) is 16.3. The highest BCUT2D eigenvalue weighted by molar-refractivity contribution is 7.84. The summed E-state index contributed by atoms with van der Waals surface area (Å²) in [6.07, 6.45) is -5.43. The zero-order valence-corrected chi connectivity index (χ0v) is 12.8. The van der Waals surface area contributed by atoms with Crippen molar-refractivity contribution in [3.63, 3.8) is 0 Å². The molecule has 0 saturated carbocycles. The first-order valence-electron chi connectivity index (χ1n) is 6.35. The van der Waals surface area contributed by atoms with E-state index in [0.29, 0.717) is 0 Å². The molecule has 7 heteroatoms. The van der Waals surface area contributed by atoms with E-state index in [1.807, 2.05) is 4.72 Å². The van der Waals surface area contributed by atoms with Crippen LogP contribution >= 0.6 is 0 Å². The van der Waals surface area contributed by atoms with Gasteiger partial charge in [0.15, 0.2) is 5.78 Å². The van der Waals surface area contributed by atoms with Crippen molar-refractivity contribution in [1.29, 1.82) is 0 Å². The molecule has 2 atom stereocenters. The Kier molecular flexibility index (Phi) is 5.69. The van der Waals surface area contributed by atoms with Gasteiger partial charge in [0.05, 0.1) is 15.7 Å². The maximum absolute atomic E-state index is 13.0. The minimum absolute atomic E-state index is 0.204. The lowest BCUT2D eigenvalue weighted by Crippen LogP contribution is -2.48. The third-order valence-corrected chi connectivity index (χ3v) is 4.30. The molecule has 1 aromatic carbocycles. The predicted octanol–water partition coefficient (Wildman–Crippen LogP) is 3.24. The molecule has 0 saturated heterocycles. The maximum Gasteiger partial charge on any atom is 0.405 e. The third kappa shape index (κ3) is 5.59. The van der Waals surface area contributed by atoms with Crippen LogP contribution in [0.1, 0.15) is 37.6 Å². The minimum Gasteiger partial charge on any atom is -0.294 e. The summed E-state index contributed by atoms with van der Waals surface area (Å²) in [6.45, 7) is 4.67. The number of benzene rings is 1. The van der Waals surface area contributed by atoms with Crippen molar-refractivity contribution >= 4 is 16.8 Å². The molecule has 1 rings (SSSR count). The Balaban J connectivity index is 2.86. The van der Waals surface area contributed by atoms with Gasteiger partial charge >= 0.3 is 6.18 Å². The largest absolute Gasteiger partial charge is 0.405 e. The molecule has 0 fully saturated rings. The van der Waals surface area contributed by atoms with Gasteiger partial charge in [0.1, 0.15) is 6.04 Å². The SMILES string of the molecule is CC(C)(C)S(=O)N[C@@H](CC(=O)c1ccccc1)C(F)(F)F. The topological polar surface area (TPSA) is 46.2 Å². The summed E-state index contributed by atoms with van der Waals surface area (Å²) in [5, 5.41) is 0. The molecule has 118 valence electrons. The number of rotatable bonds is 5. The summed E-state index contributed by atoms with van der Waals surface area (Å²) in [5.41, 5.74) is 0.204. The molecule has 0 amide bonds. The van der Waals surface area contributed by atoms with Gasteiger partial charge in [0.2, 0.25) is 0 Å². The van der Waals surface area contributed by atoms with E-state index >= 15 is 0 Å². The van der Waals surface area contributed by atoms with Crippen LogP contribution in [0, 0.1) is 0 Å². The Labute approximate surface area is 124 Å². The first-order chi connectivity index (χ1) is 9.51. The van der Waals surface area contributed by atoms with Gasteiger partial charge in [-0.05, 0) is 20.8 Å². The van der Waals surface area contributed by atoms with Crippen LogP contribution in [0.2, 0.25) is 0 Å². The second-order valence-electron chi connectivity index (χ2n) is 5.59. The lowest BCUT2D eigenvalue weighted by Gasteiger charge is -2.25. The van der Waals surface area contributed by atoms with E-state index in [1.165, 1.54) is 12.1 Å². The van der Waals surface area contributed by atoms with Gasteiger partial charge < -0.3 is 0 Å². The lowest BCUT2D eigenvalue weighted by atomic mass is 10.0. The van der Waals surface area contributed by atoms with Crippen LogP contribution < -0.4 is 4.72 Å². The Morgan fingerprint density at radius 1 is 1.19 bits per heavy atom. The van der Waals surface area contributed by atoms with E-state index in [1.54, 1.807) is 39.0 Å². The Morgan fingerprint density at radius 3 is 2.14 bits per heavy atom. The zero-order valence-electron chi connectivity index (χ0n) is 12.0. The van der Waals surface area contributed by atoms with Crippen molar-refractivity contribution in [3.8, 4) is 0 Å². The van der Waals surface area contributed by atoms with Gasteiger partial charge in [-0.15, -0.1) is 0 Å². The summed E-state index contributed by atoms with van der Waals surface area (Å²) in [7, 11) is -1.91. The molecule has 1 N–H and O–H groups in total. The van der Waals surface area contributed by atoms with Crippen molar-refractivity contribution in [2.24, 2.45) is 0 Å². The van der Waals surface area contributed by atoms with Crippen LogP contribution in [0.25, 0.3) is 0 Å². The second-order valence-corrected chi connectivity index (χ2v) is 7.58. The number of hydrogen-bond acceptors (Lipinski definition) is 2. The number of halogens is 3. The first-order valence-corrected chi connectivity index (χ1v) is 7.50. The number of alkyl halides is 3. The number of nitrogens with one attached hydrogen (secondary N) is 1. The van der Waals surface area contributed by atoms with Gasteiger partial charge in [0, 0.05) is 12.0 Å². The highest BCUT2D eigenvalue weighted by Gasteiger charge is 2.43. The van der Waals surface area contributed by atoms with E-state index in [0.717, 1.165) is 0 Å². The van der Waals surface area contributed by atoms with E-state index in [4.69, 9.17) is 0 Å². The maximum atomic E-state index is 13.0. The average molecular weight is 321 g/mol. The van der Waals surface area contributed by atoms with Crippen molar-refractivity contribution in [1.82, 2.24) is 4.72 Å². The van der Waals surface area contributed by atoms with Crippen molar-refractivity contribution in [3.05, 3.63) is 35.9 Å². The molecular formula is C14H18F3NO2S. The Bertz CT molecular complexity index is 509. The van der Waals surface area contributed by atoms with E-state index in [2.05, 4.69) is 0 Å². The molecule has 0 aromatic heterocycles. The molecular weight excluding hydrogens is 303 g/mol. The van der Waals surface area contributed by atoms with Crippen molar-refractivity contribution < 1.29 is 22.2 Å². The van der Waals surface area contributed by atoms with E-state index in [9.17, 15) is 22.2 Å². The summed E-state index contributed by atoms with van der Waals surface area (Å²) in [6, 6.07) is 5.61. The van der Waals surface area contributed by atoms with Gasteiger partial charge in [-0.2, -0.15) is 13.2 Å². The van der Waals surface area contributed by atoms with Crippen LogP contribution in [0.4, 0.5) is 13.2 Å². The highest BCUT2D eigenvalue weighted by atomic mass is 32.2. The summed E-state index contributed by atoms with van der Waals surface area (Å²) < 4.78 is 52.0. The standard InChI is InChI=1S/C14H18F3NO2S/c1-13(2,3)21(20)18-12(14(15,16)17)9-11(19)10-7-5-4-6-8-10/h4-8,12,18H,9H2,1-3H3/t12-,21?/m0/s1. The van der Waals surface area contributed by atoms with E-state index in [-0.39, 0.29) is 5.56 Å². The Hall–Kier alpha value is -1.21. The lowest BCUT2D eigenvalue weighted by molar-refractivity contribution is -0.150. The number of carbonyl (C=O) groups excluding carboxylic acids is 1.